The number of carboxylic acid groups (broad SMARTS) is 1. The van der Waals surface area contributed by atoms with E-state index in [1.165, 1.54) is 0 Å². The van der Waals surface area contributed by atoms with E-state index in [2.05, 4.69) is 20.9 Å². The zero-order valence-corrected chi connectivity index (χ0v) is 21.8. The van der Waals surface area contributed by atoms with Gasteiger partial charge in [0.1, 0.15) is 18.1 Å². The van der Waals surface area contributed by atoms with Crippen LogP contribution in [0, 0.1) is 17.8 Å². The third-order valence-electron chi connectivity index (χ3n) is 5.66. The van der Waals surface area contributed by atoms with Crippen LogP contribution in [0.2, 0.25) is 0 Å². The number of nitrogens with zero attached hydrogens (tertiary/aromatic N) is 1. The van der Waals surface area contributed by atoms with Crippen LogP contribution in [0.4, 0.5) is 0 Å². The second-order valence-electron chi connectivity index (χ2n) is 9.69. The van der Waals surface area contributed by atoms with Gasteiger partial charge in [0.2, 0.25) is 17.7 Å². The summed E-state index contributed by atoms with van der Waals surface area (Å²) in [5.41, 5.74) is 16.6. The molecule has 12 heteroatoms. The molecule has 0 aliphatic heterocycles. The van der Waals surface area contributed by atoms with Gasteiger partial charge in [-0.1, -0.05) is 48.0 Å². The quantitative estimate of drug-likeness (QED) is 0.0844. The highest BCUT2D eigenvalue weighted by molar-refractivity contribution is 5.94. The van der Waals surface area contributed by atoms with Crippen LogP contribution >= 0.6 is 0 Å². The number of aliphatic carboxylic acids is 1. The van der Waals surface area contributed by atoms with E-state index in [0.29, 0.717) is 19.3 Å². The maximum absolute atomic E-state index is 13.2. The Bertz CT molecular complexity index is 738. The summed E-state index contributed by atoms with van der Waals surface area (Å²) >= 11 is 0. The first-order valence-electron chi connectivity index (χ1n) is 12.2. The predicted molar refractivity (Wildman–Crippen MR) is 135 cm³/mol. The van der Waals surface area contributed by atoms with Crippen molar-refractivity contribution in [1.82, 2.24) is 16.0 Å². The Labute approximate surface area is 208 Å². The van der Waals surface area contributed by atoms with Crippen LogP contribution in [0.3, 0.4) is 0 Å². The number of rotatable bonds is 16. The summed E-state index contributed by atoms with van der Waals surface area (Å²) in [7, 11) is 0. The molecule has 0 saturated carbocycles. The van der Waals surface area contributed by atoms with E-state index < -0.39 is 47.9 Å². The smallest absolute Gasteiger partial charge is 0.326 e. The van der Waals surface area contributed by atoms with Gasteiger partial charge in [0.25, 0.3) is 0 Å². The number of carbonyl (C=O) groups is 4. The largest absolute Gasteiger partial charge is 0.480 e. The van der Waals surface area contributed by atoms with Gasteiger partial charge in [0, 0.05) is 6.54 Å². The van der Waals surface area contributed by atoms with E-state index >= 15 is 0 Å². The number of hydrogen-bond acceptors (Lipinski definition) is 6. The Morgan fingerprint density at radius 1 is 0.886 bits per heavy atom. The average Bonchev–Trinajstić information content (AvgIpc) is 2.75. The van der Waals surface area contributed by atoms with Crippen LogP contribution in [-0.4, -0.2) is 65.5 Å². The van der Waals surface area contributed by atoms with Crippen molar-refractivity contribution in [1.29, 1.82) is 0 Å². The third kappa shape index (κ3) is 12.4. The van der Waals surface area contributed by atoms with Crippen molar-refractivity contribution < 1.29 is 24.3 Å². The molecule has 5 atom stereocenters. The standard InChI is InChI=1S/C23H45N7O5/c1-7-14(6)18(30-19(31)15(24)11-12(2)3)21(33)28-16(9-8-10-27-23(25)26)20(32)29-17(13(4)5)22(34)35/h12-18H,7-11,24H2,1-6H3,(H,28,33)(H,29,32)(H,30,31)(H,34,35)(H4,25,26,27). The Kier molecular flexibility index (Phi) is 14.6. The molecule has 0 spiro atoms. The third-order valence-corrected chi connectivity index (χ3v) is 5.66. The molecule has 5 unspecified atom stereocenters. The number of nitrogens with one attached hydrogen (secondary N) is 3. The molecule has 0 saturated heterocycles. The number of nitrogens with two attached hydrogens (primary N) is 3. The number of carboxylic acids is 1. The molecule has 202 valence electrons. The first-order valence-corrected chi connectivity index (χ1v) is 12.2. The summed E-state index contributed by atoms with van der Waals surface area (Å²) < 4.78 is 0. The van der Waals surface area contributed by atoms with E-state index in [0.717, 1.165) is 0 Å². The molecule has 0 fully saturated rings. The van der Waals surface area contributed by atoms with Gasteiger partial charge in [-0.3, -0.25) is 19.4 Å². The Balaban J connectivity index is 5.66. The fourth-order valence-corrected chi connectivity index (χ4v) is 3.38. The minimum atomic E-state index is -1.18. The number of guanidine groups is 1. The highest BCUT2D eigenvalue weighted by Gasteiger charge is 2.33. The van der Waals surface area contributed by atoms with Crippen molar-refractivity contribution in [2.75, 3.05) is 6.54 Å². The zero-order chi connectivity index (χ0) is 27.3. The van der Waals surface area contributed by atoms with E-state index in [-0.39, 0.29) is 36.7 Å². The summed E-state index contributed by atoms with van der Waals surface area (Å²) in [6.45, 7) is 11.1. The van der Waals surface area contributed by atoms with Gasteiger partial charge in [-0.15, -0.1) is 0 Å². The van der Waals surface area contributed by atoms with Gasteiger partial charge in [0.15, 0.2) is 5.96 Å². The Morgan fingerprint density at radius 3 is 1.91 bits per heavy atom. The minimum Gasteiger partial charge on any atom is -0.480 e. The lowest BCUT2D eigenvalue weighted by Crippen LogP contribution is -2.59. The van der Waals surface area contributed by atoms with E-state index in [1.807, 2.05) is 27.7 Å². The first kappa shape index (κ1) is 32.1. The van der Waals surface area contributed by atoms with Gasteiger partial charge >= 0.3 is 5.97 Å². The Hall–Kier alpha value is -2.89. The monoisotopic (exact) mass is 499 g/mol. The summed E-state index contributed by atoms with van der Waals surface area (Å²) in [5, 5.41) is 17.3. The van der Waals surface area contributed by atoms with Gasteiger partial charge < -0.3 is 38.3 Å². The van der Waals surface area contributed by atoms with Crippen molar-refractivity contribution >= 4 is 29.7 Å². The van der Waals surface area contributed by atoms with E-state index in [9.17, 15) is 24.3 Å². The second kappa shape index (κ2) is 15.9. The van der Waals surface area contributed by atoms with Crippen LogP contribution in [-0.2, 0) is 19.2 Å². The lowest BCUT2D eigenvalue weighted by molar-refractivity contribution is -0.143. The molecule has 35 heavy (non-hydrogen) atoms. The summed E-state index contributed by atoms with van der Waals surface area (Å²) in [6, 6.07) is -3.86. The maximum atomic E-state index is 13.2. The van der Waals surface area contributed by atoms with E-state index in [4.69, 9.17) is 17.2 Å². The molecule has 10 N–H and O–H groups in total. The van der Waals surface area contributed by atoms with Gasteiger partial charge in [-0.05, 0) is 37.0 Å². The van der Waals surface area contributed by atoms with Crippen LogP contribution in [0.1, 0.15) is 67.2 Å². The zero-order valence-electron chi connectivity index (χ0n) is 21.8. The van der Waals surface area contributed by atoms with Crippen LogP contribution in [0.5, 0.6) is 0 Å². The molecule has 0 rings (SSSR count). The topological polar surface area (TPSA) is 215 Å². The normalized spacial score (nSPS) is 15.5. The molecule has 12 nitrogen and oxygen atoms in total. The molecule has 0 aliphatic rings. The number of amides is 3. The molecule has 0 aromatic carbocycles. The maximum Gasteiger partial charge on any atom is 0.326 e. The number of hydrogen-bond donors (Lipinski definition) is 7. The predicted octanol–water partition coefficient (Wildman–Crippen LogP) is -0.345. The van der Waals surface area contributed by atoms with Crippen molar-refractivity contribution in [3.63, 3.8) is 0 Å². The number of carbonyl (C=O) groups excluding carboxylic acids is 3. The average molecular weight is 500 g/mol. The van der Waals surface area contributed by atoms with Crippen LogP contribution in [0.25, 0.3) is 0 Å². The van der Waals surface area contributed by atoms with Crippen molar-refractivity contribution in [3.8, 4) is 0 Å². The summed E-state index contributed by atoms with van der Waals surface area (Å²) in [6.07, 6.45) is 1.57. The lowest BCUT2D eigenvalue weighted by Gasteiger charge is -2.28. The minimum absolute atomic E-state index is 0.0990. The SMILES string of the molecule is CCC(C)C(NC(=O)C(N)CC(C)C)C(=O)NC(CCCN=C(N)N)C(=O)NC(C(=O)O)C(C)C. The highest BCUT2D eigenvalue weighted by Crippen LogP contribution is 2.12. The van der Waals surface area contributed by atoms with Crippen molar-refractivity contribution in [3.05, 3.63) is 0 Å². The van der Waals surface area contributed by atoms with Crippen LogP contribution in [0.15, 0.2) is 4.99 Å². The molecule has 0 bridgehead atoms. The fraction of sp³-hybridized carbons (Fsp3) is 0.783. The van der Waals surface area contributed by atoms with Crippen molar-refractivity contribution in [2.45, 2.75) is 91.4 Å². The molecule has 0 radical (unpaired) electrons. The molecular formula is C23H45N7O5. The molecule has 0 aliphatic carbocycles. The lowest BCUT2D eigenvalue weighted by atomic mass is 9.96. The molecule has 3 amide bonds. The Morgan fingerprint density at radius 2 is 1.46 bits per heavy atom. The van der Waals surface area contributed by atoms with Crippen molar-refractivity contribution in [2.24, 2.45) is 39.9 Å². The second-order valence-corrected chi connectivity index (χ2v) is 9.69. The molecular weight excluding hydrogens is 454 g/mol. The van der Waals surface area contributed by atoms with Gasteiger partial charge in [0.05, 0.1) is 6.04 Å². The summed E-state index contributed by atoms with van der Waals surface area (Å²) in [4.78, 5) is 54.2. The van der Waals surface area contributed by atoms with Gasteiger partial charge in [-0.25, -0.2) is 4.79 Å². The van der Waals surface area contributed by atoms with Crippen LogP contribution < -0.4 is 33.2 Å². The highest BCUT2D eigenvalue weighted by atomic mass is 16.4. The van der Waals surface area contributed by atoms with E-state index in [1.54, 1.807) is 13.8 Å². The molecule has 0 aromatic heterocycles. The fourth-order valence-electron chi connectivity index (χ4n) is 3.38. The number of aliphatic imine (C=N–C) groups is 1. The first-order chi connectivity index (χ1) is 16.2. The molecule has 0 heterocycles. The van der Waals surface area contributed by atoms with Gasteiger partial charge in [-0.2, -0.15) is 0 Å². The molecule has 0 aromatic rings. The summed E-state index contributed by atoms with van der Waals surface area (Å²) in [5.74, 6) is -3.33.